The van der Waals surface area contributed by atoms with Gasteiger partial charge in [0.25, 0.3) is 0 Å². The average molecular weight is 321 g/mol. The predicted molar refractivity (Wildman–Crippen MR) is 82.7 cm³/mol. The molecule has 0 saturated heterocycles. The molecule has 21 heavy (non-hydrogen) atoms. The molecule has 0 spiro atoms. The normalized spacial score (nSPS) is 12.3. The van der Waals surface area contributed by atoms with Gasteiger partial charge in [0.15, 0.2) is 0 Å². The number of para-hydroxylation sites is 1. The van der Waals surface area contributed by atoms with Crippen molar-refractivity contribution in [1.29, 1.82) is 0 Å². The topological polar surface area (TPSA) is 17.8 Å². The van der Waals surface area contributed by atoms with E-state index in [0.29, 0.717) is 10.6 Å². The maximum atomic E-state index is 13.9. The molecule has 0 bridgehead atoms. The molecule has 0 N–H and O–H groups in total. The van der Waals surface area contributed by atoms with Gasteiger partial charge in [-0.25, -0.2) is 9.07 Å². The lowest BCUT2D eigenvalue weighted by atomic mass is 10.1. The molecule has 5 heteroatoms. The minimum Gasteiger partial charge on any atom is -0.241 e. The van der Waals surface area contributed by atoms with Gasteiger partial charge < -0.3 is 0 Å². The van der Waals surface area contributed by atoms with Crippen molar-refractivity contribution in [3.8, 4) is 5.69 Å². The quantitative estimate of drug-likeness (QED) is 0.621. The van der Waals surface area contributed by atoms with Crippen molar-refractivity contribution in [3.63, 3.8) is 0 Å². The first-order valence-corrected chi connectivity index (χ1v) is 7.15. The van der Waals surface area contributed by atoms with E-state index in [9.17, 15) is 4.39 Å². The Morgan fingerprint density at radius 3 is 2.57 bits per heavy atom. The lowest BCUT2D eigenvalue weighted by Gasteiger charge is -2.09. The molecule has 0 radical (unpaired) electrons. The van der Waals surface area contributed by atoms with Crippen LogP contribution in [-0.2, 0) is 0 Å². The van der Waals surface area contributed by atoms with E-state index < -0.39 is 11.2 Å². The first-order chi connectivity index (χ1) is 10.1. The Bertz CT molecular complexity index is 756. The summed E-state index contributed by atoms with van der Waals surface area (Å²) in [7, 11) is 0. The molecule has 0 amide bonds. The summed E-state index contributed by atoms with van der Waals surface area (Å²) in [6.07, 6.45) is 3.43. The van der Waals surface area contributed by atoms with Gasteiger partial charge in [0.05, 0.1) is 17.3 Å². The van der Waals surface area contributed by atoms with Gasteiger partial charge in [-0.3, -0.25) is 0 Å². The fourth-order valence-electron chi connectivity index (χ4n) is 2.08. The highest BCUT2D eigenvalue weighted by Crippen LogP contribution is 2.31. The zero-order chi connectivity index (χ0) is 14.8. The van der Waals surface area contributed by atoms with E-state index in [4.69, 9.17) is 23.2 Å². The highest BCUT2D eigenvalue weighted by molar-refractivity contribution is 6.30. The Kier molecular flexibility index (Phi) is 3.95. The van der Waals surface area contributed by atoms with E-state index in [0.717, 1.165) is 11.3 Å². The number of halogens is 3. The summed E-state index contributed by atoms with van der Waals surface area (Å²) >= 11 is 12.1. The van der Waals surface area contributed by atoms with Crippen molar-refractivity contribution in [2.75, 3.05) is 0 Å². The second-order valence-corrected chi connectivity index (χ2v) is 5.46. The van der Waals surface area contributed by atoms with Crippen LogP contribution in [0, 0.1) is 5.82 Å². The van der Waals surface area contributed by atoms with Crippen LogP contribution in [0.25, 0.3) is 5.69 Å². The number of rotatable bonds is 3. The third-order valence-electron chi connectivity index (χ3n) is 3.15. The van der Waals surface area contributed by atoms with Crippen molar-refractivity contribution in [1.82, 2.24) is 9.78 Å². The van der Waals surface area contributed by atoms with Crippen molar-refractivity contribution in [3.05, 3.63) is 82.9 Å². The van der Waals surface area contributed by atoms with E-state index in [-0.39, 0.29) is 0 Å². The first-order valence-electron chi connectivity index (χ1n) is 6.34. The van der Waals surface area contributed by atoms with Crippen molar-refractivity contribution in [2.24, 2.45) is 0 Å². The van der Waals surface area contributed by atoms with Crippen LogP contribution >= 0.6 is 23.2 Å². The van der Waals surface area contributed by atoms with Gasteiger partial charge in [0, 0.05) is 22.3 Å². The number of nitrogens with zero attached hydrogens (tertiary/aromatic N) is 2. The van der Waals surface area contributed by atoms with Crippen molar-refractivity contribution >= 4 is 23.2 Å². The van der Waals surface area contributed by atoms with Crippen LogP contribution in [0.15, 0.2) is 60.9 Å². The summed E-state index contributed by atoms with van der Waals surface area (Å²) in [5.74, 6) is -0.421. The lowest BCUT2D eigenvalue weighted by Crippen LogP contribution is -1.96. The van der Waals surface area contributed by atoms with Gasteiger partial charge in [-0.05, 0) is 24.3 Å². The zero-order valence-corrected chi connectivity index (χ0v) is 12.4. The lowest BCUT2D eigenvalue weighted by molar-refractivity contribution is 0.612. The Hall–Kier alpha value is -1.84. The molecule has 1 aromatic heterocycles. The molecule has 1 atom stereocenters. The van der Waals surface area contributed by atoms with E-state index in [1.54, 1.807) is 29.2 Å². The minimum atomic E-state index is -0.611. The molecule has 0 aliphatic carbocycles. The summed E-state index contributed by atoms with van der Waals surface area (Å²) in [4.78, 5) is 0. The van der Waals surface area contributed by atoms with Crippen LogP contribution in [0.3, 0.4) is 0 Å². The number of benzene rings is 2. The second kappa shape index (κ2) is 5.88. The van der Waals surface area contributed by atoms with Crippen LogP contribution in [0.2, 0.25) is 5.02 Å². The number of alkyl halides is 1. The number of aromatic nitrogens is 2. The van der Waals surface area contributed by atoms with E-state index >= 15 is 0 Å². The molecule has 2 aromatic carbocycles. The fraction of sp³-hybridized carbons (Fsp3) is 0.0625. The van der Waals surface area contributed by atoms with Crippen LogP contribution in [0.4, 0.5) is 4.39 Å². The van der Waals surface area contributed by atoms with Crippen LogP contribution in [-0.4, -0.2) is 9.78 Å². The Balaban J connectivity index is 1.92. The Labute approximate surface area is 131 Å². The van der Waals surface area contributed by atoms with Crippen LogP contribution < -0.4 is 0 Å². The van der Waals surface area contributed by atoms with Gasteiger partial charge >= 0.3 is 0 Å². The van der Waals surface area contributed by atoms with Gasteiger partial charge in [-0.15, -0.1) is 11.6 Å². The maximum Gasteiger partial charge on any atom is 0.129 e. The summed E-state index contributed by atoms with van der Waals surface area (Å²) < 4.78 is 15.6. The SMILES string of the molecule is Fc1cc(Cl)ccc1C(Cl)c1cnn(-c2ccccc2)c1. The summed E-state index contributed by atoms with van der Waals surface area (Å²) in [5, 5.41) is 4.00. The smallest absolute Gasteiger partial charge is 0.129 e. The number of hydrogen-bond donors (Lipinski definition) is 0. The third kappa shape index (κ3) is 2.94. The van der Waals surface area contributed by atoms with Crippen molar-refractivity contribution < 1.29 is 4.39 Å². The third-order valence-corrected chi connectivity index (χ3v) is 3.87. The summed E-state index contributed by atoms with van der Waals surface area (Å²) in [5.41, 5.74) is 2.03. The van der Waals surface area contributed by atoms with E-state index in [2.05, 4.69) is 5.10 Å². The molecule has 1 unspecified atom stereocenters. The largest absolute Gasteiger partial charge is 0.241 e. The van der Waals surface area contributed by atoms with E-state index in [1.165, 1.54) is 6.07 Å². The summed E-state index contributed by atoms with van der Waals surface area (Å²) in [6, 6.07) is 14.1. The van der Waals surface area contributed by atoms with E-state index in [1.807, 2.05) is 30.3 Å². The van der Waals surface area contributed by atoms with Gasteiger partial charge in [0.1, 0.15) is 5.82 Å². The van der Waals surface area contributed by atoms with Crippen LogP contribution in [0.5, 0.6) is 0 Å². The number of hydrogen-bond acceptors (Lipinski definition) is 1. The highest BCUT2D eigenvalue weighted by atomic mass is 35.5. The maximum absolute atomic E-state index is 13.9. The highest BCUT2D eigenvalue weighted by Gasteiger charge is 2.17. The monoisotopic (exact) mass is 320 g/mol. The Morgan fingerprint density at radius 1 is 1.10 bits per heavy atom. The molecule has 0 fully saturated rings. The molecule has 0 aliphatic rings. The summed E-state index contributed by atoms with van der Waals surface area (Å²) in [6.45, 7) is 0. The predicted octanol–water partition coefficient (Wildman–Crippen LogP) is 4.99. The van der Waals surface area contributed by atoms with Gasteiger partial charge in [-0.1, -0.05) is 35.9 Å². The van der Waals surface area contributed by atoms with Gasteiger partial charge in [-0.2, -0.15) is 5.10 Å². The molecular weight excluding hydrogens is 310 g/mol. The molecule has 3 aromatic rings. The molecule has 2 nitrogen and oxygen atoms in total. The minimum absolute atomic E-state index is 0.347. The molecule has 3 rings (SSSR count). The standard InChI is InChI=1S/C16H11Cl2FN2/c17-12-6-7-14(15(19)8-12)16(18)11-9-20-21(10-11)13-4-2-1-3-5-13/h1-10,16H. The molecular formula is C16H11Cl2FN2. The van der Waals surface area contributed by atoms with Crippen LogP contribution in [0.1, 0.15) is 16.5 Å². The molecule has 1 heterocycles. The average Bonchev–Trinajstić information content (AvgIpc) is 2.97. The first kappa shape index (κ1) is 14.1. The van der Waals surface area contributed by atoms with Crippen molar-refractivity contribution in [2.45, 2.75) is 5.38 Å². The zero-order valence-electron chi connectivity index (χ0n) is 10.9. The second-order valence-electron chi connectivity index (χ2n) is 4.58. The Morgan fingerprint density at radius 2 is 1.86 bits per heavy atom. The van der Waals surface area contributed by atoms with Gasteiger partial charge in [0.2, 0.25) is 0 Å². The molecule has 0 aliphatic heterocycles. The molecule has 0 saturated carbocycles. The molecule has 106 valence electrons. The fourth-order valence-corrected chi connectivity index (χ4v) is 2.52.